The van der Waals surface area contributed by atoms with Crippen molar-refractivity contribution in [2.75, 3.05) is 88.3 Å². The highest BCUT2D eigenvalue weighted by Crippen LogP contribution is 2.34. The summed E-state index contributed by atoms with van der Waals surface area (Å²) in [7, 11) is 8.55. The van der Waals surface area contributed by atoms with Crippen LogP contribution in [0.2, 0.25) is 0 Å². The van der Waals surface area contributed by atoms with Gasteiger partial charge < -0.3 is 64.9 Å². The van der Waals surface area contributed by atoms with E-state index < -0.39 is 167 Å². The number of hydroxylamine groups is 2. The number of rotatable bonds is 21. The van der Waals surface area contributed by atoms with E-state index in [9.17, 15) is 33.6 Å². The van der Waals surface area contributed by atoms with E-state index in [-0.39, 0.29) is 56.7 Å². The summed E-state index contributed by atoms with van der Waals surface area (Å²) < 4.78 is 16.9. The molecular weight excluding hydrogens is 1260 g/mol. The van der Waals surface area contributed by atoms with Crippen LogP contribution in [0.5, 0.6) is 0 Å². The Morgan fingerprint density at radius 1 is 0.541 bits per heavy atom. The van der Waals surface area contributed by atoms with Crippen LogP contribution in [0.4, 0.5) is 0 Å². The average Bonchev–Trinajstić information content (AvgIpc) is 0.756. The maximum atomic E-state index is 15.3. The molecule has 3 aliphatic heterocycles. The second kappa shape index (κ2) is 39.9. The van der Waals surface area contributed by atoms with Gasteiger partial charge in [0.1, 0.15) is 73.1 Å². The summed E-state index contributed by atoms with van der Waals surface area (Å²) in [6.07, 6.45) is 3.50. The monoisotopic (exact) mass is 1390 g/mol. The summed E-state index contributed by atoms with van der Waals surface area (Å²) in [5.74, 6) is -10.3. The van der Waals surface area contributed by atoms with Crippen molar-refractivity contribution in [2.24, 2.45) is 35.5 Å². The van der Waals surface area contributed by atoms with E-state index >= 15 is 24.0 Å². The van der Waals surface area contributed by atoms with Crippen LogP contribution < -0.4 is 21.3 Å². The van der Waals surface area contributed by atoms with E-state index in [1.165, 1.54) is 94.5 Å². The van der Waals surface area contributed by atoms with Crippen molar-refractivity contribution in [3.63, 3.8) is 0 Å². The number of carbonyl (C=O) groups is 12. The van der Waals surface area contributed by atoms with Crippen molar-refractivity contribution >= 4 is 70.9 Å². The minimum absolute atomic E-state index is 0.0108. The number of carbonyl (C=O) groups excluding carboxylic acids is 12. The third-order valence-electron chi connectivity index (χ3n) is 18.8. The molecule has 3 aliphatic rings. The molecule has 0 saturated carbocycles. The number of allylic oxidation sites excluding steroid dienone is 1. The number of likely N-dealkylation sites (N-methyl/N-ethyl adjacent to an activating group) is 6. The molecule has 0 aliphatic carbocycles. The Balaban J connectivity index is 2.30. The first-order chi connectivity index (χ1) is 45.7. The van der Waals surface area contributed by atoms with Gasteiger partial charge in [0.05, 0.1) is 19.3 Å². The predicted molar refractivity (Wildman–Crippen MR) is 369 cm³/mol. The van der Waals surface area contributed by atoms with E-state index in [4.69, 9.17) is 19.0 Å². The largest absolute Gasteiger partial charge is 0.462 e. The summed E-state index contributed by atoms with van der Waals surface area (Å²) in [5.41, 5.74) is 0. The third kappa shape index (κ3) is 23.7. The van der Waals surface area contributed by atoms with Crippen LogP contribution in [-0.4, -0.2) is 277 Å². The number of unbranched alkanes of at least 4 members (excludes halogenated alkanes) is 1. The van der Waals surface area contributed by atoms with Gasteiger partial charge in [0.25, 0.3) is 5.91 Å². The molecule has 28 heteroatoms. The number of nitrogens with one attached hydrogen (secondary N) is 4. The lowest BCUT2D eigenvalue weighted by molar-refractivity contribution is -0.321. The van der Waals surface area contributed by atoms with Gasteiger partial charge >= 0.3 is 5.97 Å². The number of hydrogen-bond donors (Lipinski definition) is 4. The normalized spacial score (nSPS) is 27.9. The Morgan fingerprint density at radius 3 is 1.59 bits per heavy atom. The molecule has 3 saturated heterocycles. The van der Waals surface area contributed by atoms with Crippen molar-refractivity contribution in [3.05, 3.63) is 12.2 Å². The minimum Gasteiger partial charge on any atom is -0.462 e. The lowest BCUT2D eigenvalue weighted by Gasteiger charge is -2.50. The Kier molecular flexibility index (Phi) is 34.8. The maximum absolute atomic E-state index is 15.3. The van der Waals surface area contributed by atoms with Gasteiger partial charge in [0, 0.05) is 68.9 Å². The van der Waals surface area contributed by atoms with Gasteiger partial charge in [-0.1, -0.05) is 95.2 Å². The molecule has 3 rings (SSSR count). The summed E-state index contributed by atoms with van der Waals surface area (Å²) in [6, 6.07) is -13.9. The standard InChI is InChI=1S/C70H122N12O16/c1-24-51-66(90)75(18)48(15)65(89)80(23)57(49(16)96-33-28-26-30-81-31-35-95-36-32-81)62(86)74-55(43(8)9)69(93)76(19)52(37-40(2)3)61(85)71-46(13)60(84)72-47(14)64(88)77(20)53(38-41(4)5)67(91)78(21)54(39-42(6)7)68(92)79(22)56(44(10)11)70(94)82-58(63(87)73-51)59(98-82)45(12)29-25-27-34-97-50(17)83/h25,27,40-49,51-59H,24,26,28-39H2,1-23H3,(H,71,85)(H,72,84)(H,73,87)(H,74,86)/b27-25+/t45-,46+,47-,48-,49-,51+,52+,53+,54+,55+,56+,57+,58+,59-/m1/s1. The van der Waals surface area contributed by atoms with Gasteiger partial charge in [-0.3, -0.25) is 67.3 Å². The molecule has 0 aromatic rings. The zero-order valence-electron chi connectivity index (χ0n) is 63.1. The molecule has 0 aromatic carbocycles. The number of amides is 11. The Hall–Kier alpha value is -6.78. The van der Waals surface area contributed by atoms with Crippen molar-refractivity contribution in [3.8, 4) is 0 Å². The van der Waals surface area contributed by atoms with E-state index in [0.717, 1.165) is 36.0 Å². The second-order valence-electron chi connectivity index (χ2n) is 29.0. The molecule has 4 N–H and O–H groups in total. The summed E-state index contributed by atoms with van der Waals surface area (Å²) >= 11 is 0. The number of morpholine rings is 1. The topological polar surface area (TPSA) is 316 Å². The molecule has 98 heavy (non-hydrogen) atoms. The van der Waals surface area contributed by atoms with Crippen LogP contribution in [0.25, 0.3) is 0 Å². The molecule has 14 atom stereocenters. The quantitative estimate of drug-likeness (QED) is 0.0729. The number of esters is 1. The van der Waals surface area contributed by atoms with Gasteiger partial charge in [0.15, 0.2) is 6.04 Å². The predicted octanol–water partition coefficient (Wildman–Crippen LogP) is 3.00. The average molecular weight is 1390 g/mol. The van der Waals surface area contributed by atoms with Crippen LogP contribution in [0.1, 0.15) is 163 Å². The Labute approximate surface area is 583 Å². The smallest absolute Gasteiger partial charge is 0.302 e. The maximum Gasteiger partial charge on any atom is 0.302 e. The van der Waals surface area contributed by atoms with Crippen molar-refractivity contribution in [1.82, 2.24) is 60.6 Å². The molecule has 3 heterocycles. The zero-order valence-corrected chi connectivity index (χ0v) is 63.1. The fourth-order valence-corrected chi connectivity index (χ4v) is 12.6. The first kappa shape index (κ1) is 85.4. The van der Waals surface area contributed by atoms with E-state index in [1.807, 2.05) is 41.5 Å². The summed E-state index contributed by atoms with van der Waals surface area (Å²) in [5, 5.41) is 12.1. The molecule has 11 amide bonds. The summed E-state index contributed by atoms with van der Waals surface area (Å²) in [4.78, 5) is 191. The van der Waals surface area contributed by atoms with Crippen LogP contribution >= 0.6 is 0 Å². The number of hydrogen-bond acceptors (Lipinski definition) is 17. The van der Waals surface area contributed by atoms with Gasteiger partial charge in [-0.05, 0) is 115 Å². The Morgan fingerprint density at radius 2 is 1.06 bits per heavy atom. The lowest BCUT2D eigenvalue weighted by Crippen LogP contribution is -2.72. The van der Waals surface area contributed by atoms with E-state index in [2.05, 4.69) is 26.2 Å². The molecule has 28 nitrogen and oxygen atoms in total. The minimum atomic E-state index is -1.40. The van der Waals surface area contributed by atoms with Crippen molar-refractivity contribution in [2.45, 2.75) is 241 Å². The molecule has 0 aromatic heterocycles. The van der Waals surface area contributed by atoms with Crippen LogP contribution in [0.15, 0.2) is 12.2 Å². The molecule has 0 bridgehead atoms. The van der Waals surface area contributed by atoms with E-state index in [1.54, 1.807) is 60.6 Å². The fraction of sp³-hybridized carbons (Fsp3) is 0.800. The van der Waals surface area contributed by atoms with Crippen LogP contribution in [-0.2, 0) is 76.6 Å². The lowest BCUT2D eigenvalue weighted by atomic mass is 9.90. The van der Waals surface area contributed by atoms with Crippen molar-refractivity contribution < 1.29 is 76.6 Å². The van der Waals surface area contributed by atoms with Gasteiger partial charge in [-0.15, -0.1) is 0 Å². The van der Waals surface area contributed by atoms with Gasteiger partial charge in [0.2, 0.25) is 59.1 Å². The fourth-order valence-electron chi connectivity index (χ4n) is 12.6. The second-order valence-corrected chi connectivity index (χ2v) is 29.0. The first-order valence-corrected chi connectivity index (χ1v) is 35.2. The van der Waals surface area contributed by atoms with Gasteiger partial charge in [-0.2, -0.15) is 0 Å². The SMILES string of the molecule is CC[C@@H]1NC(=O)[C@@H]2[C@@H]([C@H](C)C/C=C/COC(C)=O)ON2C(=O)[C@H](C(C)C)N(C)C(=O)[C@H](CC(C)C)N(C)C(=O)[C@H](CC(C)C)N(C)C(=O)[C@@H](C)NC(=O)[C@H](C)NC(=O)[C@H](CC(C)C)N(C)C(=O)[C@H](C(C)C)NC(=O)[C@H]([C@@H](C)OCCCCN2CCOCC2)N(C)C(=O)[C@@H](C)N(C)C1=O. The molecule has 0 unspecified atom stereocenters. The van der Waals surface area contributed by atoms with Crippen LogP contribution in [0, 0.1) is 35.5 Å². The Bertz CT molecular complexity index is 2740. The highest BCUT2D eigenvalue weighted by atomic mass is 16.7. The van der Waals surface area contributed by atoms with Gasteiger partial charge in [-0.25, -0.2) is 5.06 Å². The molecule has 0 radical (unpaired) electrons. The zero-order chi connectivity index (χ0) is 74.5. The number of fused-ring (bicyclic) bond motifs is 1. The third-order valence-corrected chi connectivity index (χ3v) is 18.8. The number of ether oxygens (including phenoxy) is 3. The first-order valence-electron chi connectivity index (χ1n) is 35.2. The molecule has 3 fully saturated rings. The molecule has 558 valence electrons. The summed E-state index contributed by atoms with van der Waals surface area (Å²) in [6.45, 7) is 32.7. The van der Waals surface area contributed by atoms with E-state index in [0.29, 0.717) is 26.1 Å². The van der Waals surface area contributed by atoms with Crippen molar-refractivity contribution in [1.29, 1.82) is 0 Å². The molecule has 0 spiro atoms. The number of nitrogens with zero attached hydrogens (tertiary/aromatic N) is 8. The van der Waals surface area contributed by atoms with Crippen LogP contribution in [0.3, 0.4) is 0 Å². The highest BCUT2D eigenvalue weighted by molar-refractivity contribution is 6.00. The molecular formula is C70H122N12O16. The highest BCUT2D eigenvalue weighted by Gasteiger charge is 2.55.